The highest BCUT2D eigenvalue weighted by atomic mass is 32.1. The molecule has 1 atom stereocenters. The van der Waals surface area contributed by atoms with Gasteiger partial charge in [-0.25, -0.2) is 9.59 Å². The van der Waals surface area contributed by atoms with Crippen LogP contribution in [0.15, 0.2) is 6.07 Å². The highest BCUT2D eigenvalue weighted by Gasteiger charge is 2.24. The third kappa shape index (κ3) is 3.17. The summed E-state index contributed by atoms with van der Waals surface area (Å²) in [6.07, 6.45) is 2.97. The lowest BCUT2D eigenvalue weighted by atomic mass is 9.94. The molecule has 104 valence electrons. The second kappa shape index (κ2) is 5.92. The number of urea groups is 2. The molecule has 0 aromatic carbocycles. The quantitative estimate of drug-likeness (QED) is 0.667. The lowest BCUT2D eigenvalue weighted by Gasteiger charge is -2.23. The van der Waals surface area contributed by atoms with Gasteiger partial charge in [0.1, 0.15) is 0 Å². The Kier molecular flexibility index (Phi) is 4.26. The average Bonchev–Trinajstić information content (AvgIpc) is 2.81. The summed E-state index contributed by atoms with van der Waals surface area (Å²) in [7, 11) is 3.18. The summed E-state index contributed by atoms with van der Waals surface area (Å²) in [4.78, 5) is 24.0. The van der Waals surface area contributed by atoms with Crippen molar-refractivity contribution in [2.24, 2.45) is 0 Å². The maximum Gasteiger partial charge on any atom is 0.319 e. The Hall–Kier alpha value is -1.76. The number of nitrogens with one attached hydrogen (secondary N) is 4. The summed E-state index contributed by atoms with van der Waals surface area (Å²) in [5.74, 6) is 0. The predicted molar refractivity (Wildman–Crippen MR) is 75.7 cm³/mol. The van der Waals surface area contributed by atoms with E-state index in [2.05, 4.69) is 21.3 Å². The van der Waals surface area contributed by atoms with Gasteiger partial charge in [-0.15, -0.1) is 11.3 Å². The summed E-state index contributed by atoms with van der Waals surface area (Å²) in [5.41, 5.74) is 1.12. The molecule has 0 radical (unpaired) electrons. The first-order valence-corrected chi connectivity index (χ1v) is 7.05. The number of carbonyl (C=O) groups is 2. The molecular formula is C12H18N4O2S. The molecule has 0 fully saturated rings. The van der Waals surface area contributed by atoms with Crippen LogP contribution in [0.1, 0.15) is 29.3 Å². The molecular weight excluding hydrogens is 264 g/mol. The highest BCUT2D eigenvalue weighted by Crippen LogP contribution is 2.38. The van der Waals surface area contributed by atoms with Crippen LogP contribution in [0.5, 0.6) is 0 Å². The van der Waals surface area contributed by atoms with Gasteiger partial charge in [-0.3, -0.25) is 5.32 Å². The van der Waals surface area contributed by atoms with E-state index in [1.165, 1.54) is 4.88 Å². The molecule has 1 aliphatic carbocycles. The molecule has 1 aromatic heterocycles. The number of hydrogen-bond donors (Lipinski definition) is 4. The van der Waals surface area contributed by atoms with Gasteiger partial charge < -0.3 is 16.0 Å². The van der Waals surface area contributed by atoms with Gasteiger partial charge >= 0.3 is 12.1 Å². The topological polar surface area (TPSA) is 82.3 Å². The largest absolute Gasteiger partial charge is 0.341 e. The zero-order valence-electron chi connectivity index (χ0n) is 11.0. The first-order chi connectivity index (χ1) is 9.13. The SMILES string of the molecule is CNC(=O)Nc1cc2c(s1)CCCC2NC(=O)NC. The number of fused-ring (bicyclic) bond motifs is 1. The number of carbonyl (C=O) groups excluding carboxylic acids is 2. The van der Waals surface area contributed by atoms with Crippen LogP contribution in [0.3, 0.4) is 0 Å². The van der Waals surface area contributed by atoms with E-state index in [0.29, 0.717) is 0 Å². The molecule has 0 saturated heterocycles. The fourth-order valence-corrected chi connectivity index (χ4v) is 3.33. The zero-order valence-corrected chi connectivity index (χ0v) is 11.8. The van der Waals surface area contributed by atoms with E-state index < -0.39 is 0 Å². The minimum Gasteiger partial charge on any atom is -0.341 e. The Morgan fingerprint density at radius 3 is 2.68 bits per heavy atom. The van der Waals surface area contributed by atoms with Crippen molar-refractivity contribution in [2.45, 2.75) is 25.3 Å². The molecule has 6 nitrogen and oxygen atoms in total. The van der Waals surface area contributed by atoms with Crippen LogP contribution in [0.4, 0.5) is 14.6 Å². The maximum absolute atomic E-state index is 11.4. The van der Waals surface area contributed by atoms with Crippen molar-refractivity contribution in [1.29, 1.82) is 0 Å². The normalized spacial score (nSPS) is 17.3. The van der Waals surface area contributed by atoms with Crippen molar-refractivity contribution < 1.29 is 9.59 Å². The lowest BCUT2D eigenvalue weighted by molar-refractivity contribution is 0.237. The van der Waals surface area contributed by atoms with E-state index in [4.69, 9.17) is 0 Å². The van der Waals surface area contributed by atoms with E-state index in [-0.39, 0.29) is 18.1 Å². The van der Waals surface area contributed by atoms with E-state index in [1.54, 1.807) is 25.4 Å². The number of amides is 4. The Balaban J connectivity index is 2.14. The fourth-order valence-electron chi connectivity index (χ4n) is 2.17. The molecule has 1 unspecified atom stereocenters. The molecule has 0 bridgehead atoms. The minimum atomic E-state index is -0.227. The highest BCUT2D eigenvalue weighted by molar-refractivity contribution is 7.16. The number of rotatable bonds is 2. The molecule has 7 heteroatoms. The Morgan fingerprint density at radius 2 is 2.00 bits per heavy atom. The summed E-state index contributed by atoms with van der Waals surface area (Å²) < 4.78 is 0. The van der Waals surface area contributed by atoms with Crippen molar-refractivity contribution in [3.63, 3.8) is 0 Å². The van der Waals surface area contributed by atoms with Crippen LogP contribution >= 0.6 is 11.3 Å². The summed E-state index contributed by atoms with van der Waals surface area (Å²) in [6, 6.07) is 1.58. The molecule has 1 aliphatic rings. The maximum atomic E-state index is 11.4. The van der Waals surface area contributed by atoms with Gasteiger partial charge in [0.25, 0.3) is 0 Å². The second-order valence-electron chi connectivity index (χ2n) is 4.36. The molecule has 4 N–H and O–H groups in total. The monoisotopic (exact) mass is 282 g/mol. The molecule has 2 rings (SSSR count). The van der Waals surface area contributed by atoms with Crippen LogP contribution in [0, 0.1) is 0 Å². The van der Waals surface area contributed by atoms with Crippen molar-refractivity contribution >= 4 is 28.4 Å². The van der Waals surface area contributed by atoms with Gasteiger partial charge in [0.05, 0.1) is 11.0 Å². The Bertz CT molecular complexity index is 486. The number of anilines is 1. The minimum absolute atomic E-state index is 0.0280. The van der Waals surface area contributed by atoms with E-state index in [1.807, 2.05) is 6.07 Å². The molecule has 0 aliphatic heterocycles. The lowest BCUT2D eigenvalue weighted by Crippen LogP contribution is -2.36. The number of aryl methyl sites for hydroxylation is 1. The third-order valence-electron chi connectivity index (χ3n) is 3.11. The average molecular weight is 282 g/mol. The van der Waals surface area contributed by atoms with Crippen molar-refractivity contribution in [3.8, 4) is 0 Å². The van der Waals surface area contributed by atoms with Gasteiger partial charge in [0.15, 0.2) is 0 Å². The van der Waals surface area contributed by atoms with Gasteiger partial charge in [-0.05, 0) is 30.9 Å². The number of thiophene rings is 1. The molecule has 19 heavy (non-hydrogen) atoms. The van der Waals surface area contributed by atoms with E-state index >= 15 is 0 Å². The van der Waals surface area contributed by atoms with Crippen LogP contribution in [-0.2, 0) is 6.42 Å². The van der Waals surface area contributed by atoms with Crippen molar-refractivity contribution in [3.05, 3.63) is 16.5 Å². The van der Waals surface area contributed by atoms with E-state index in [9.17, 15) is 9.59 Å². The molecule has 0 spiro atoms. The van der Waals surface area contributed by atoms with Crippen LogP contribution in [-0.4, -0.2) is 26.2 Å². The molecule has 1 heterocycles. The second-order valence-corrected chi connectivity index (χ2v) is 5.50. The third-order valence-corrected chi connectivity index (χ3v) is 4.24. The van der Waals surface area contributed by atoms with E-state index in [0.717, 1.165) is 29.8 Å². The van der Waals surface area contributed by atoms with Crippen LogP contribution in [0.2, 0.25) is 0 Å². The van der Waals surface area contributed by atoms with Crippen LogP contribution in [0.25, 0.3) is 0 Å². The zero-order chi connectivity index (χ0) is 13.8. The summed E-state index contributed by atoms with van der Waals surface area (Å²) in [5, 5.41) is 11.6. The van der Waals surface area contributed by atoms with Gasteiger partial charge in [0.2, 0.25) is 0 Å². The van der Waals surface area contributed by atoms with Crippen molar-refractivity contribution in [1.82, 2.24) is 16.0 Å². The van der Waals surface area contributed by atoms with Crippen molar-refractivity contribution in [2.75, 3.05) is 19.4 Å². The fraction of sp³-hybridized carbons (Fsp3) is 0.500. The van der Waals surface area contributed by atoms with Crippen LogP contribution < -0.4 is 21.3 Å². The number of hydrogen-bond acceptors (Lipinski definition) is 3. The standard InChI is InChI=1S/C12H18N4O2S/c1-13-11(17)15-8-4-3-5-9-7(8)6-10(19-9)16-12(18)14-2/h6,8H,3-5H2,1-2H3,(H2,13,15,17)(H2,14,16,18). The summed E-state index contributed by atoms with van der Waals surface area (Å²) in [6.45, 7) is 0. The summed E-state index contributed by atoms with van der Waals surface area (Å²) >= 11 is 1.57. The predicted octanol–water partition coefficient (Wildman–Crippen LogP) is 1.81. The molecule has 4 amide bonds. The smallest absolute Gasteiger partial charge is 0.319 e. The Morgan fingerprint density at radius 1 is 1.26 bits per heavy atom. The Labute approximate surface area is 116 Å². The first kappa shape index (κ1) is 13.7. The molecule has 0 saturated carbocycles. The van der Waals surface area contributed by atoms with Gasteiger partial charge in [-0.1, -0.05) is 0 Å². The molecule has 1 aromatic rings. The van der Waals surface area contributed by atoms with Gasteiger partial charge in [0, 0.05) is 19.0 Å². The van der Waals surface area contributed by atoms with Gasteiger partial charge in [-0.2, -0.15) is 0 Å². The first-order valence-electron chi connectivity index (χ1n) is 6.23.